The van der Waals surface area contributed by atoms with Gasteiger partial charge in [0.1, 0.15) is 11.5 Å². The lowest BCUT2D eigenvalue weighted by Crippen LogP contribution is -2.27. The normalized spacial score (nSPS) is 13.6. The molecule has 0 spiro atoms. The summed E-state index contributed by atoms with van der Waals surface area (Å²) in [5, 5.41) is 0. The second kappa shape index (κ2) is 7.97. The third-order valence-electron chi connectivity index (χ3n) is 2.74. The minimum Gasteiger partial charge on any atom is -0.466 e. The van der Waals surface area contributed by atoms with E-state index in [0.717, 1.165) is 5.76 Å². The van der Waals surface area contributed by atoms with E-state index in [-0.39, 0.29) is 0 Å². The Kier molecular flexibility index (Phi) is 6.61. The fraction of sp³-hybridized carbons (Fsp3) is 0.533. The second-order valence-corrected chi connectivity index (χ2v) is 4.88. The van der Waals surface area contributed by atoms with Crippen molar-refractivity contribution in [2.45, 2.75) is 39.1 Å². The molecule has 0 aromatic carbocycles. The van der Waals surface area contributed by atoms with Crippen LogP contribution in [0.3, 0.4) is 0 Å². The highest BCUT2D eigenvalue weighted by molar-refractivity contribution is 5.81. The van der Waals surface area contributed by atoms with Crippen LogP contribution in [0.25, 0.3) is 0 Å². The smallest absolute Gasteiger partial charge is 0.330 e. The molecule has 6 heteroatoms. The Hall–Kier alpha value is -1.63. The first-order chi connectivity index (χ1) is 9.88. The van der Waals surface area contributed by atoms with E-state index < -0.39 is 17.9 Å². The van der Waals surface area contributed by atoms with Gasteiger partial charge in [-0.25, -0.2) is 14.6 Å². The van der Waals surface area contributed by atoms with E-state index in [1.807, 2.05) is 13.0 Å². The first kappa shape index (κ1) is 17.4. The van der Waals surface area contributed by atoms with Gasteiger partial charge < -0.3 is 13.9 Å². The van der Waals surface area contributed by atoms with Crippen molar-refractivity contribution in [2.75, 3.05) is 14.2 Å². The molecule has 1 rings (SSSR count). The molecule has 0 saturated carbocycles. The van der Waals surface area contributed by atoms with Crippen molar-refractivity contribution in [3.8, 4) is 0 Å². The molecule has 0 aliphatic carbocycles. The van der Waals surface area contributed by atoms with Crippen molar-refractivity contribution in [1.29, 1.82) is 0 Å². The van der Waals surface area contributed by atoms with Crippen LogP contribution < -0.4 is 0 Å². The van der Waals surface area contributed by atoms with Gasteiger partial charge in [-0.05, 0) is 32.9 Å². The predicted octanol–water partition coefficient (Wildman–Crippen LogP) is 3.08. The van der Waals surface area contributed by atoms with Crippen molar-refractivity contribution >= 4 is 5.97 Å². The second-order valence-electron chi connectivity index (χ2n) is 4.88. The predicted molar refractivity (Wildman–Crippen MR) is 75.2 cm³/mol. The zero-order chi connectivity index (χ0) is 15.9. The highest BCUT2D eigenvalue weighted by atomic mass is 17.2. The van der Waals surface area contributed by atoms with Crippen molar-refractivity contribution in [1.82, 2.24) is 0 Å². The summed E-state index contributed by atoms with van der Waals surface area (Å²) < 4.78 is 15.2. The molecule has 1 atom stereocenters. The molecule has 0 bridgehead atoms. The molecule has 0 N–H and O–H groups in total. The summed E-state index contributed by atoms with van der Waals surface area (Å²) in [5.41, 5.74) is 0. The van der Waals surface area contributed by atoms with Crippen LogP contribution in [0.15, 0.2) is 28.7 Å². The molecule has 0 aliphatic rings. The van der Waals surface area contributed by atoms with E-state index in [2.05, 4.69) is 4.74 Å². The quantitative estimate of drug-likeness (QED) is 0.241. The van der Waals surface area contributed by atoms with E-state index in [0.29, 0.717) is 12.2 Å². The van der Waals surface area contributed by atoms with Gasteiger partial charge in [0.05, 0.1) is 7.11 Å². The van der Waals surface area contributed by atoms with E-state index in [1.165, 1.54) is 20.3 Å². The van der Waals surface area contributed by atoms with Crippen LogP contribution in [0.5, 0.6) is 0 Å². The summed E-state index contributed by atoms with van der Waals surface area (Å²) in [4.78, 5) is 21.7. The summed E-state index contributed by atoms with van der Waals surface area (Å²) in [6, 6.07) is 3.63. The SMILES string of the molecule is COC(=O)/C=C/CC(OOC(C)(C)OC)c1ccc(C)o1. The van der Waals surface area contributed by atoms with Crippen LogP contribution in [0.1, 0.15) is 37.9 Å². The Balaban J connectivity index is 2.71. The van der Waals surface area contributed by atoms with Crippen LogP contribution in [0.2, 0.25) is 0 Å². The van der Waals surface area contributed by atoms with Gasteiger partial charge in [-0.2, -0.15) is 0 Å². The molecule has 0 amide bonds. The van der Waals surface area contributed by atoms with Gasteiger partial charge in [0, 0.05) is 19.6 Å². The minimum absolute atomic E-state index is 0.391. The summed E-state index contributed by atoms with van der Waals surface area (Å²) in [6.45, 7) is 5.29. The maximum atomic E-state index is 11.1. The molecule has 118 valence electrons. The van der Waals surface area contributed by atoms with Gasteiger partial charge >= 0.3 is 5.97 Å². The monoisotopic (exact) mass is 298 g/mol. The highest BCUT2D eigenvalue weighted by Crippen LogP contribution is 2.26. The summed E-state index contributed by atoms with van der Waals surface area (Å²) in [7, 11) is 2.84. The third-order valence-corrected chi connectivity index (χ3v) is 2.74. The van der Waals surface area contributed by atoms with Crippen LogP contribution >= 0.6 is 0 Å². The maximum Gasteiger partial charge on any atom is 0.330 e. The number of hydrogen-bond acceptors (Lipinski definition) is 6. The topological polar surface area (TPSA) is 67.1 Å². The van der Waals surface area contributed by atoms with E-state index in [9.17, 15) is 4.79 Å². The number of hydrogen-bond donors (Lipinski definition) is 0. The first-order valence-corrected chi connectivity index (χ1v) is 6.58. The Bertz CT molecular complexity index is 474. The zero-order valence-electron chi connectivity index (χ0n) is 13.0. The number of furan rings is 1. The Labute approximate surface area is 124 Å². The number of methoxy groups -OCH3 is 2. The van der Waals surface area contributed by atoms with Gasteiger partial charge in [-0.15, -0.1) is 0 Å². The van der Waals surface area contributed by atoms with E-state index >= 15 is 0 Å². The summed E-state index contributed by atoms with van der Waals surface area (Å²) in [5.74, 6) is 0.0596. The fourth-order valence-electron chi connectivity index (χ4n) is 1.39. The lowest BCUT2D eigenvalue weighted by atomic mass is 10.2. The van der Waals surface area contributed by atoms with Gasteiger partial charge in [-0.3, -0.25) is 0 Å². The lowest BCUT2D eigenvalue weighted by Gasteiger charge is -2.24. The largest absolute Gasteiger partial charge is 0.466 e. The Morgan fingerprint density at radius 3 is 2.62 bits per heavy atom. The molecule has 1 heterocycles. The van der Waals surface area contributed by atoms with Crippen LogP contribution in [-0.4, -0.2) is 26.0 Å². The maximum absolute atomic E-state index is 11.1. The lowest BCUT2D eigenvalue weighted by molar-refractivity contribution is -0.434. The number of rotatable bonds is 8. The molecule has 1 aromatic rings. The Morgan fingerprint density at radius 1 is 1.38 bits per heavy atom. The van der Waals surface area contributed by atoms with Crippen molar-refractivity contribution in [2.24, 2.45) is 0 Å². The van der Waals surface area contributed by atoms with Crippen molar-refractivity contribution in [3.63, 3.8) is 0 Å². The van der Waals surface area contributed by atoms with Gasteiger partial charge in [-0.1, -0.05) is 6.08 Å². The van der Waals surface area contributed by atoms with Gasteiger partial charge in [0.2, 0.25) is 0 Å². The number of aryl methyl sites for hydroxylation is 1. The van der Waals surface area contributed by atoms with Crippen LogP contribution in [0.4, 0.5) is 0 Å². The number of esters is 1. The van der Waals surface area contributed by atoms with Crippen LogP contribution in [-0.2, 0) is 24.0 Å². The first-order valence-electron chi connectivity index (χ1n) is 6.58. The average molecular weight is 298 g/mol. The summed E-state index contributed by atoms with van der Waals surface area (Å²) in [6.07, 6.45) is 2.86. The standard InChI is InChI=1S/C15H22O6/c1-11-9-10-12(19-11)13(7-6-8-14(16)17-4)20-21-15(2,3)18-5/h6,8-10,13H,7H2,1-5H3/b8-6+. The molecule has 0 radical (unpaired) electrons. The van der Waals surface area contributed by atoms with Gasteiger partial charge in [0.15, 0.2) is 11.9 Å². The molecule has 0 fully saturated rings. The number of ether oxygens (including phenoxy) is 2. The number of carbonyl (C=O) groups excluding carboxylic acids is 1. The molecular weight excluding hydrogens is 276 g/mol. The van der Waals surface area contributed by atoms with Crippen molar-refractivity contribution < 1.29 is 28.5 Å². The fourth-order valence-corrected chi connectivity index (χ4v) is 1.39. The van der Waals surface area contributed by atoms with Crippen molar-refractivity contribution in [3.05, 3.63) is 35.8 Å². The molecule has 0 saturated heterocycles. The molecular formula is C15H22O6. The van der Waals surface area contributed by atoms with E-state index in [4.69, 9.17) is 18.9 Å². The molecule has 1 unspecified atom stereocenters. The molecule has 0 aliphatic heterocycles. The molecule has 1 aromatic heterocycles. The molecule has 21 heavy (non-hydrogen) atoms. The Morgan fingerprint density at radius 2 is 2.10 bits per heavy atom. The third kappa shape index (κ3) is 6.12. The summed E-state index contributed by atoms with van der Waals surface area (Å²) >= 11 is 0. The zero-order valence-corrected chi connectivity index (χ0v) is 13.0. The number of carbonyl (C=O) groups is 1. The van der Waals surface area contributed by atoms with Gasteiger partial charge in [0.25, 0.3) is 0 Å². The highest BCUT2D eigenvalue weighted by Gasteiger charge is 2.23. The molecule has 6 nitrogen and oxygen atoms in total. The van der Waals surface area contributed by atoms with E-state index in [1.54, 1.807) is 26.0 Å². The minimum atomic E-state index is -0.883. The van der Waals surface area contributed by atoms with Crippen LogP contribution in [0, 0.1) is 6.92 Å². The average Bonchev–Trinajstić information content (AvgIpc) is 2.88.